The molecule has 0 spiro atoms. The van der Waals surface area contributed by atoms with E-state index in [0.29, 0.717) is 0 Å². The molecule has 3 aromatic carbocycles. The van der Waals surface area contributed by atoms with Gasteiger partial charge in [0.05, 0.1) is 0 Å². The zero-order valence-electron chi connectivity index (χ0n) is 23.8. The Bertz CT molecular complexity index is 2280. The second-order valence-corrected chi connectivity index (χ2v) is 14.5. The lowest BCUT2D eigenvalue weighted by molar-refractivity contribution is 1.47. The molecular formula is C38H18N4S4. The third-order valence-corrected chi connectivity index (χ3v) is 12.1. The van der Waals surface area contributed by atoms with Crippen LogP contribution in [0.15, 0.2) is 108 Å². The predicted octanol–water partition coefficient (Wildman–Crippen LogP) is 11.8. The Labute approximate surface area is 281 Å². The van der Waals surface area contributed by atoms with Crippen molar-refractivity contribution in [3.63, 3.8) is 0 Å². The van der Waals surface area contributed by atoms with Crippen LogP contribution in [-0.4, -0.2) is 0 Å². The van der Waals surface area contributed by atoms with E-state index in [9.17, 15) is 0 Å². The van der Waals surface area contributed by atoms with Gasteiger partial charge in [0.1, 0.15) is 35.4 Å². The Morgan fingerprint density at radius 2 is 0.696 bits per heavy atom. The van der Waals surface area contributed by atoms with E-state index in [0.717, 1.165) is 29.3 Å². The Morgan fingerprint density at radius 1 is 0.391 bits per heavy atom. The number of benzene rings is 3. The van der Waals surface area contributed by atoms with Crippen LogP contribution in [0, 0.1) is 45.3 Å². The summed E-state index contributed by atoms with van der Waals surface area (Å²) in [5.74, 6) is 0. The fourth-order valence-electron chi connectivity index (χ4n) is 5.46. The van der Waals surface area contributed by atoms with Crippen molar-refractivity contribution in [3.05, 3.63) is 118 Å². The van der Waals surface area contributed by atoms with Crippen molar-refractivity contribution in [3.8, 4) is 64.7 Å². The van der Waals surface area contributed by atoms with Gasteiger partial charge >= 0.3 is 0 Å². The van der Waals surface area contributed by atoms with Crippen LogP contribution in [0.25, 0.3) is 74.1 Å². The second kappa shape index (κ2) is 12.4. The minimum Gasteiger partial charge on any atom is -0.192 e. The maximum absolute atomic E-state index is 9.15. The number of rotatable bonds is 6. The second-order valence-electron chi connectivity index (χ2n) is 10.1. The summed E-state index contributed by atoms with van der Waals surface area (Å²) in [7, 11) is 0. The Morgan fingerprint density at radius 3 is 1.04 bits per heavy atom. The first-order valence-electron chi connectivity index (χ1n) is 14.0. The van der Waals surface area contributed by atoms with Gasteiger partial charge in [0.15, 0.2) is 0 Å². The minimum atomic E-state index is 0.0956. The summed E-state index contributed by atoms with van der Waals surface area (Å²) >= 11 is 6.63. The zero-order chi connectivity index (χ0) is 31.6. The lowest BCUT2D eigenvalue weighted by Gasteiger charge is -2.15. The van der Waals surface area contributed by atoms with E-state index in [1.54, 1.807) is 57.5 Å². The predicted molar refractivity (Wildman–Crippen MR) is 193 cm³/mol. The fourth-order valence-corrected chi connectivity index (χ4v) is 9.70. The monoisotopic (exact) mass is 658 g/mol. The molecule has 4 aromatic heterocycles. The van der Waals surface area contributed by atoms with Crippen LogP contribution < -0.4 is 0 Å². The van der Waals surface area contributed by atoms with E-state index < -0.39 is 0 Å². The smallest absolute Gasteiger partial charge is 0.131 e. The summed E-state index contributed by atoms with van der Waals surface area (Å²) in [4.78, 5) is 8.57. The molecule has 0 saturated heterocycles. The molecule has 0 aliphatic rings. The van der Waals surface area contributed by atoms with Gasteiger partial charge in [-0.3, -0.25) is 0 Å². The number of nitrogens with zero attached hydrogens (tertiary/aromatic N) is 4. The lowest BCUT2D eigenvalue weighted by Crippen LogP contribution is -1.87. The van der Waals surface area contributed by atoms with Crippen LogP contribution in [0.2, 0.25) is 0 Å². The third-order valence-electron chi connectivity index (χ3n) is 7.43. The van der Waals surface area contributed by atoms with Crippen LogP contribution in [0.3, 0.4) is 0 Å². The van der Waals surface area contributed by atoms with Crippen LogP contribution in [0.1, 0.15) is 9.75 Å². The third kappa shape index (κ3) is 5.33. The summed E-state index contributed by atoms with van der Waals surface area (Å²) in [6.45, 7) is 0. The standard InChI is InChI=1S/C38H18N4S4/c39-19-23(20-40)17-25-9-11-31(43-25)33-13-15-35(45-33)37-27-5-1-2-6-28(27)38(30-8-4-3-7-29(30)37)36-16-14-34(46-36)32-12-10-26(44-32)18-24(21-41)22-42/h1-18H. The average Bonchev–Trinajstić information content (AvgIpc) is 3.92. The summed E-state index contributed by atoms with van der Waals surface area (Å²) < 4.78 is 0. The van der Waals surface area contributed by atoms with Crippen molar-refractivity contribution >= 4 is 79.0 Å². The molecule has 0 unspecified atom stereocenters. The number of hydrogen-bond acceptors (Lipinski definition) is 8. The van der Waals surface area contributed by atoms with Crippen molar-refractivity contribution in [2.45, 2.75) is 0 Å². The molecule has 7 rings (SSSR count). The van der Waals surface area contributed by atoms with Crippen LogP contribution in [0.5, 0.6) is 0 Å². The molecule has 7 aromatic rings. The summed E-state index contributed by atoms with van der Waals surface area (Å²) in [6, 6.07) is 41.6. The number of thiophene rings is 4. The first-order valence-corrected chi connectivity index (χ1v) is 17.2. The summed E-state index contributed by atoms with van der Waals surface area (Å²) in [5, 5.41) is 41.3. The van der Waals surface area contributed by atoms with Crippen molar-refractivity contribution in [1.29, 1.82) is 21.0 Å². The molecule has 0 radical (unpaired) electrons. The number of fused-ring (bicyclic) bond motifs is 2. The summed E-state index contributed by atoms with van der Waals surface area (Å²) in [5.41, 5.74) is 2.60. The Hall–Kier alpha value is -5.58. The van der Waals surface area contributed by atoms with Gasteiger partial charge in [-0.15, -0.1) is 45.3 Å². The molecule has 4 heterocycles. The van der Waals surface area contributed by atoms with Gasteiger partial charge in [0.25, 0.3) is 0 Å². The summed E-state index contributed by atoms with van der Waals surface area (Å²) in [6.07, 6.45) is 3.26. The normalized spacial score (nSPS) is 10.5. The maximum Gasteiger partial charge on any atom is 0.131 e. The van der Waals surface area contributed by atoms with Crippen LogP contribution in [-0.2, 0) is 0 Å². The first kappa shape index (κ1) is 29.1. The maximum atomic E-state index is 9.15. The molecule has 0 atom stereocenters. The lowest BCUT2D eigenvalue weighted by atomic mass is 9.90. The van der Waals surface area contributed by atoms with Crippen molar-refractivity contribution in [2.24, 2.45) is 0 Å². The van der Waals surface area contributed by atoms with Gasteiger partial charge in [-0.2, -0.15) is 21.0 Å². The van der Waals surface area contributed by atoms with E-state index in [-0.39, 0.29) is 11.1 Å². The molecule has 214 valence electrons. The molecule has 46 heavy (non-hydrogen) atoms. The van der Waals surface area contributed by atoms with Gasteiger partial charge < -0.3 is 0 Å². The van der Waals surface area contributed by atoms with E-state index in [2.05, 4.69) is 72.8 Å². The van der Waals surface area contributed by atoms with Crippen LogP contribution in [0.4, 0.5) is 0 Å². The molecule has 0 aliphatic carbocycles. The highest BCUT2D eigenvalue weighted by atomic mass is 32.1. The molecule has 0 amide bonds. The number of allylic oxidation sites excluding steroid dienone is 2. The number of nitriles is 4. The molecule has 0 aliphatic heterocycles. The van der Waals surface area contributed by atoms with E-state index in [4.69, 9.17) is 21.0 Å². The van der Waals surface area contributed by atoms with Gasteiger partial charge in [-0.25, -0.2) is 0 Å². The minimum absolute atomic E-state index is 0.0956. The molecule has 0 fully saturated rings. The van der Waals surface area contributed by atoms with Gasteiger partial charge in [0.2, 0.25) is 0 Å². The molecule has 0 N–H and O–H groups in total. The van der Waals surface area contributed by atoms with Gasteiger partial charge in [-0.1, -0.05) is 48.5 Å². The van der Waals surface area contributed by atoms with Crippen molar-refractivity contribution in [1.82, 2.24) is 0 Å². The SMILES string of the molecule is N#CC(C#N)=Cc1ccc(-c2ccc(-c3c4ccccc4c(-c4ccc(-c5ccc(C=C(C#N)C#N)s5)s4)c4ccccc34)s2)s1. The van der Waals surface area contributed by atoms with Gasteiger partial charge in [-0.05, 0) is 82.2 Å². The molecular weight excluding hydrogens is 641 g/mol. The van der Waals surface area contributed by atoms with Gasteiger partial charge in [0, 0.05) is 50.1 Å². The van der Waals surface area contributed by atoms with E-state index in [1.165, 1.54) is 42.4 Å². The van der Waals surface area contributed by atoms with Crippen molar-refractivity contribution < 1.29 is 0 Å². The molecule has 0 saturated carbocycles. The van der Waals surface area contributed by atoms with Crippen molar-refractivity contribution in [2.75, 3.05) is 0 Å². The fraction of sp³-hybridized carbons (Fsp3) is 0. The quantitative estimate of drug-likeness (QED) is 0.131. The molecule has 0 bridgehead atoms. The number of hydrogen-bond donors (Lipinski definition) is 0. The largest absolute Gasteiger partial charge is 0.192 e. The highest BCUT2D eigenvalue weighted by Crippen LogP contribution is 2.49. The van der Waals surface area contributed by atoms with Crippen LogP contribution >= 0.6 is 45.3 Å². The first-order chi connectivity index (χ1) is 22.6. The Kier molecular flexibility index (Phi) is 7.88. The molecule has 8 heteroatoms. The highest BCUT2D eigenvalue weighted by Gasteiger charge is 2.19. The Balaban J connectivity index is 1.33. The highest BCUT2D eigenvalue weighted by molar-refractivity contribution is 7.25. The topological polar surface area (TPSA) is 95.2 Å². The van der Waals surface area contributed by atoms with E-state index in [1.807, 2.05) is 48.5 Å². The zero-order valence-corrected chi connectivity index (χ0v) is 27.1. The molecule has 4 nitrogen and oxygen atoms in total. The average molecular weight is 659 g/mol. The van der Waals surface area contributed by atoms with E-state index >= 15 is 0 Å².